The molecule has 1 aromatic rings. The van der Waals surface area contributed by atoms with Gasteiger partial charge in [0.15, 0.2) is 0 Å². The Kier molecular flexibility index (Phi) is 7.16. The molecule has 2 N–H and O–H groups in total. The molecule has 1 aromatic carbocycles. The lowest BCUT2D eigenvalue weighted by Gasteiger charge is -2.31. The summed E-state index contributed by atoms with van der Waals surface area (Å²) in [5.41, 5.74) is 0.435. The Labute approximate surface area is 156 Å². The maximum absolute atomic E-state index is 12.3. The molecule has 2 rings (SSSR count). The van der Waals surface area contributed by atoms with Crippen LogP contribution in [0.4, 0.5) is 0 Å². The van der Waals surface area contributed by atoms with Crippen LogP contribution in [0.1, 0.15) is 24.2 Å². The summed E-state index contributed by atoms with van der Waals surface area (Å²) < 4.78 is 31.0. The summed E-state index contributed by atoms with van der Waals surface area (Å²) in [5, 5.41) is 2.89. The van der Waals surface area contributed by atoms with Crippen LogP contribution in [0.5, 0.6) is 0 Å². The normalized spacial score (nSPS) is 21.2. The van der Waals surface area contributed by atoms with E-state index in [1.54, 1.807) is 0 Å². The standard InChI is InChI=1S/C18H29N3O4S/c1-14(2)12-21-9-10-25-16(13-21)11-19-18(22)15-5-7-17(8-6-15)26(23,24)20(3)4/h5-8,14,16H,9-13H2,1-4H3,(H,19,22)/p+1/t16-/m1/s1. The number of ether oxygens (including phenoxy) is 1. The predicted octanol–water partition coefficient (Wildman–Crippen LogP) is -0.394. The molecule has 26 heavy (non-hydrogen) atoms. The minimum atomic E-state index is -3.49. The maximum Gasteiger partial charge on any atom is 0.251 e. The Morgan fingerprint density at radius 1 is 1.31 bits per heavy atom. The topological polar surface area (TPSA) is 80.1 Å². The first-order chi connectivity index (χ1) is 12.2. The SMILES string of the molecule is CC(C)C[NH+]1CCO[C@H](CNC(=O)c2ccc(S(=O)(=O)N(C)C)cc2)C1. The minimum absolute atomic E-state index is 0.00911. The number of nitrogens with zero attached hydrogens (tertiary/aromatic N) is 1. The molecule has 0 bridgehead atoms. The highest BCUT2D eigenvalue weighted by Gasteiger charge is 2.25. The van der Waals surface area contributed by atoms with Crippen molar-refractivity contribution < 1.29 is 22.8 Å². The molecule has 1 unspecified atom stereocenters. The zero-order valence-electron chi connectivity index (χ0n) is 16.0. The van der Waals surface area contributed by atoms with Gasteiger partial charge in [-0.3, -0.25) is 4.79 Å². The van der Waals surface area contributed by atoms with E-state index in [1.807, 2.05) is 0 Å². The predicted molar refractivity (Wildman–Crippen MR) is 99.8 cm³/mol. The molecule has 0 saturated carbocycles. The van der Waals surface area contributed by atoms with Crippen LogP contribution in [-0.4, -0.2) is 71.6 Å². The third-order valence-electron chi connectivity index (χ3n) is 4.41. The van der Waals surface area contributed by atoms with Crippen molar-refractivity contribution in [3.05, 3.63) is 29.8 Å². The van der Waals surface area contributed by atoms with Gasteiger partial charge in [0.25, 0.3) is 5.91 Å². The quantitative estimate of drug-likeness (QED) is 0.671. The lowest BCUT2D eigenvalue weighted by atomic mass is 10.1. The number of carbonyl (C=O) groups excluding carboxylic acids is 1. The number of quaternary nitrogens is 1. The highest BCUT2D eigenvalue weighted by molar-refractivity contribution is 7.89. The second-order valence-corrected chi connectivity index (χ2v) is 9.47. The van der Waals surface area contributed by atoms with Crippen LogP contribution in [0.2, 0.25) is 0 Å². The van der Waals surface area contributed by atoms with E-state index < -0.39 is 10.0 Å². The molecule has 0 spiro atoms. The summed E-state index contributed by atoms with van der Waals surface area (Å²) in [6, 6.07) is 5.97. The Morgan fingerprint density at radius 3 is 2.54 bits per heavy atom. The van der Waals surface area contributed by atoms with E-state index in [-0.39, 0.29) is 16.9 Å². The number of morpholine rings is 1. The molecule has 1 heterocycles. The van der Waals surface area contributed by atoms with E-state index in [1.165, 1.54) is 43.3 Å². The molecule has 8 heteroatoms. The fourth-order valence-corrected chi connectivity index (χ4v) is 3.95. The molecule has 7 nitrogen and oxygen atoms in total. The summed E-state index contributed by atoms with van der Waals surface area (Å²) >= 11 is 0. The molecule has 0 radical (unpaired) electrons. The Balaban J connectivity index is 1.90. The lowest BCUT2D eigenvalue weighted by Crippen LogP contribution is -3.15. The summed E-state index contributed by atoms with van der Waals surface area (Å²) in [7, 11) is -0.532. The number of carbonyl (C=O) groups is 1. The van der Waals surface area contributed by atoms with E-state index in [9.17, 15) is 13.2 Å². The molecule has 1 amide bonds. The second kappa shape index (κ2) is 8.94. The molecular formula is C18H30N3O4S+. The monoisotopic (exact) mass is 384 g/mol. The van der Waals surface area contributed by atoms with Gasteiger partial charge in [0.05, 0.1) is 18.0 Å². The number of nitrogens with one attached hydrogen (secondary N) is 2. The van der Waals surface area contributed by atoms with Gasteiger partial charge in [-0.1, -0.05) is 13.8 Å². The van der Waals surface area contributed by atoms with E-state index in [0.29, 0.717) is 24.6 Å². The third-order valence-corrected chi connectivity index (χ3v) is 6.24. The van der Waals surface area contributed by atoms with Gasteiger partial charge in [0, 0.05) is 32.1 Å². The first-order valence-electron chi connectivity index (χ1n) is 8.96. The molecule has 1 fully saturated rings. The van der Waals surface area contributed by atoms with Gasteiger partial charge >= 0.3 is 0 Å². The summed E-state index contributed by atoms with van der Waals surface area (Å²) in [4.78, 5) is 14.0. The molecule has 0 aromatic heterocycles. The molecule has 1 aliphatic heterocycles. The Hall–Kier alpha value is -1.48. The van der Waals surface area contributed by atoms with Crippen molar-refractivity contribution in [2.45, 2.75) is 24.8 Å². The van der Waals surface area contributed by atoms with Crippen molar-refractivity contribution >= 4 is 15.9 Å². The summed E-state index contributed by atoms with van der Waals surface area (Å²) in [6.45, 7) is 8.58. The number of rotatable bonds is 7. The number of benzene rings is 1. The first-order valence-corrected chi connectivity index (χ1v) is 10.4. The fraction of sp³-hybridized carbons (Fsp3) is 0.611. The molecule has 146 valence electrons. The highest BCUT2D eigenvalue weighted by Crippen LogP contribution is 2.14. The Bertz CT molecular complexity index is 702. The minimum Gasteiger partial charge on any atom is -0.365 e. The van der Waals surface area contributed by atoms with Gasteiger partial charge in [-0.05, 0) is 24.3 Å². The summed E-state index contributed by atoms with van der Waals surface area (Å²) in [5.74, 6) is 0.411. The van der Waals surface area contributed by atoms with E-state index >= 15 is 0 Å². The summed E-state index contributed by atoms with van der Waals surface area (Å²) in [6.07, 6.45) is 0.00911. The Morgan fingerprint density at radius 2 is 1.96 bits per heavy atom. The van der Waals surface area contributed by atoms with Gasteiger partial charge in [0.2, 0.25) is 10.0 Å². The fourth-order valence-electron chi connectivity index (χ4n) is 3.04. The van der Waals surface area contributed by atoms with Gasteiger partial charge in [-0.15, -0.1) is 0 Å². The van der Waals surface area contributed by atoms with Crippen molar-refractivity contribution in [1.29, 1.82) is 0 Å². The molecular weight excluding hydrogens is 354 g/mol. The zero-order chi connectivity index (χ0) is 19.3. The van der Waals surface area contributed by atoms with Crippen molar-refractivity contribution in [2.75, 3.05) is 46.9 Å². The van der Waals surface area contributed by atoms with Crippen LogP contribution in [0, 0.1) is 5.92 Å². The van der Waals surface area contributed by atoms with Crippen molar-refractivity contribution in [3.8, 4) is 0 Å². The van der Waals surface area contributed by atoms with Gasteiger partial charge in [0.1, 0.15) is 19.2 Å². The molecule has 1 aliphatic rings. The van der Waals surface area contributed by atoms with Gasteiger partial charge < -0.3 is 15.0 Å². The first kappa shape index (κ1) is 20.8. The molecule has 2 atom stereocenters. The molecule has 0 aliphatic carbocycles. The van der Waals surface area contributed by atoms with E-state index in [4.69, 9.17) is 4.74 Å². The number of amides is 1. The van der Waals surface area contributed by atoms with Crippen LogP contribution < -0.4 is 10.2 Å². The number of hydrogen-bond donors (Lipinski definition) is 2. The van der Waals surface area contributed by atoms with Crippen molar-refractivity contribution in [2.24, 2.45) is 5.92 Å². The average Bonchev–Trinajstić information content (AvgIpc) is 2.59. The van der Waals surface area contributed by atoms with Crippen LogP contribution in [0.3, 0.4) is 0 Å². The second-order valence-electron chi connectivity index (χ2n) is 7.32. The van der Waals surface area contributed by atoms with Crippen LogP contribution in [0.15, 0.2) is 29.2 Å². The number of sulfonamides is 1. The van der Waals surface area contributed by atoms with Crippen molar-refractivity contribution in [3.63, 3.8) is 0 Å². The van der Waals surface area contributed by atoms with Crippen LogP contribution in [-0.2, 0) is 14.8 Å². The highest BCUT2D eigenvalue weighted by atomic mass is 32.2. The van der Waals surface area contributed by atoms with E-state index in [0.717, 1.165) is 23.9 Å². The zero-order valence-corrected chi connectivity index (χ0v) is 16.8. The third kappa shape index (κ3) is 5.51. The van der Waals surface area contributed by atoms with E-state index in [2.05, 4.69) is 19.2 Å². The number of hydrogen-bond acceptors (Lipinski definition) is 4. The average molecular weight is 385 g/mol. The molecule has 1 saturated heterocycles. The van der Waals surface area contributed by atoms with Crippen molar-refractivity contribution in [1.82, 2.24) is 9.62 Å². The van der Waals surface area contributed by atoms with Crippen LogP contribution in [0.25, 0.3) is 0 Å². The van der Waals surface area contributed by atoms with Gasteiger partial charge in [-0.2, -0.15) is 0 Å². The maximum atomic E-state index is 12.3. The largest absolute Gasteiger partial charge is 0.365 e. The lowest BCUT2D eigenvalue weighted by molar-refractivity contribution is -0.914. The van der Waals surface area contributed by atoms with Gasteiger partial charge in [-0.25, -0.2) is 12.7 Å². The van der Waals surface area contributed by atoms with Crippen LogP contribution >= 0.6 is 0 Å². The smallest absolute Gasteiger partial charge is 0.251 e.